The zero-order valence-electron chi connectivity index (χ0n) is 15.4. The quantitative estimate of drug-likeness (QED) is 0.521. The number of nitrogens with zero attached hydrogens (tertiary/aromatic N) is 1. The van der Waals surface area contributed by atoms with Gasteiger partial charge in [0.15, 0.2) is 12.4 Å². The zero-order valence-corrected chi connectivity index (χ0v) is 16.2. The number of amides is 1. The highest BCUT2D eigenvalue weighted by atomic mass is 35.5. The second-order valence-electron chi connectivity index (χ2n) is 6.31. The van der Waals surface area contributed by atoms with Crippen LogP contribution in [0.2, 0.25) is 5.02 Å². The maximum absolute atomic E-state index is 12.5. The van der Waals surface area contributed by atoms with Gasteiger partial charge in [-0.2, -0.15) is 0 Å². The van der Waals surface area contributed by atoms with Crippen molar-refractivity contribution in [2.24, 2.45) is 0 Å². The molecule has 1 amide bonds. The molecule has 0 radical (unpaired) electrons. The molecule has 3 rings (SSSR count). The Morgan fingerprint density at radius 1 is 1.14 bits per heavy atom. The lowest BCUT2D eigenvalue weighted by Crippen LogP contribution is -2.38. The van der Waals surface area contributed by atoms with Crippen molar-refractivity contribution in [2.45, 2.75) is 26.3 Å². The number of Topliss-reactive ketones (excluding diaryl/α,β-unsaturated/α-hetero) is 1. The van der Waals surface area contributed by atoms with Gasteiger partial charge in [-0.05, 0) is 42.8 Å². The number of hydrogen-bond acceptors (Lipinski definition) is 5. The Bertz CT molecular complexity index is 894. The Hall–Kier alpha value is -2.86. The van der Waals surface area contributed by atoms with Crippen LogP contribution in [0.5, 0.6) is 5.75 Å². The van der Waals surface area contributed by atoms with Gasteiger partial charge < -0.3 is 14.4 Å². The van der Waals surface area contributed by atoms with Gasteiger partial charge in [0.05, 0.1) is 25.3 Å². The van der Waals surface area contributed by atoms with Crippen molar-refractivity contribution in [3.63, 3.8) is 0 Å². The first-order valence-electron chi connectivity index (χ1n) is 8.98. The van der Waals surface area contributed by atoms with Crippen LogP contribution in [-0.2, 0) is 20.9 Å². The first kappa shape index (κ1) is 19.9. The van der Waals surface area contributed by atoms with Gasteiger partial charge in [-0.15, -0.1) is 0 Å². The van der Waals surface area contributed by atoms with E-state index in [4.69, 9.17) is 21.1 Å². The molecule has 0 aliphatic carbocycles. The Kier molecular flexibility index (Phi) is 6.31. The van der Waals surface area contributed by atoms with Crippen molar-refractivity contribution in [3.05, 3.63) is 58.6 Å². The van der Waals surface area contributed by atoms with E-state index in [-0.39, 0.29) is 37.7 Å². The van der Waals surface area contributed by atoms with Crippen LogP contribution < -0.4 is 9.64 Å². The van der Waals surface area contributed by atoms with E-state index in [0.717, 1.165) is 5.56 Å². The minimum atomic E-state index is -0.406. The van der Waals surface area contributed by atoms with Crippen LogP contribution in [0.3, 0.4) is 0 Å². The molecule has 6 nitrogen and oxygen atoms in total. The van der Waals surface area contributed by atoms with Crippen LogP contribution in [0.1, 0.15) is 35.7 Å². The highest BCUT2D eigenvalue weighted by Crippen LogP contribution is 2.34. The van der Waals surface area contributed by atoms with Crippen molar-refractivity contribution in [1.82, 2.24) is 0 Å². The van der Waals surface area contributed by atoms with Gasteiger partial charge in [0, 0.05) is 17.0 Å². The minimum Gasteiger partial charge on any atom is -0.482 e. The molecule has 0 atom stereocenters. The van der Waals surface area contributed by atoms with Gasteiger partial charge in [0.25, 0.3) is 5.91 Å². The van der Waals surface area contributed by atoms with Crippen LogP contribution in [0.4, 0.5) is 5.69 Å². The number of ether oxygens (including phenoxy) is 2. The molecule has 2 aromatic carbocycles. The van der Waals surface area contributed by atoms with Crippen LogP contribution in [0.25, 0.3) is 0 Å². The topological polar surface area (TPSA) is 72.9 Å². The number of fused-ring (bicyclic) bond motifs is 1. The number of benzene rings is 2. The summed E-state index contributed by atoms with van der Waals surface area (Å²) in [4.78, 5) is 37.9. The lowest BCUT2D eigenvalue weighted by molar-refractivity contribution is -0.143. The Balaban J connectivity index is 1.80. The molecule has 0 unspecified atom stereocenters. The lowest BCUT2D eigenvalue weighted by atomic mass is 10.0. The molecule has 146 valence electrons. The van der Waals surface area contributed by atoms with Gasteiger partial charge in [-0.3, -0.25) is 14.4 Å². The largest absolute Gasteiger partial charge is 0.482 e. The molecule has 0 saturated carbocycles. The highest BCUT2D eigenvalue weighted by molar-refractivity contribution is 6.30. The van der Waals surface area contributed by atoms with Crippen molar-refractivity contribution >= 4 is 34.9 Å². The molecule has 1 heterocycles. The smallest absolute Gasteiger partial charge is 0.306 e. The van der Waals surface area contributed by atoms with Gasteiger partial charge in [0.1, 0.15) is 5.75 Å². The maximum Gasteiger partial charge on any atom is 0.306 e. The van der Waals surface area contributed by atoms with Gasteiger partial charge >= 0.3 is 5.97 Å². The number of ketones is 1. The minimum absolute atomic E-state index is 0.0215. The molecule has 1 aliphatic heterocycles. The summed E-state index contributed by atoms with van der Waals surface area (Å²) in [5, 5.41) is 0.618. The van der Waals surface area contributed by atoms with Gasteiger partial charge in [0.2, 0.25) is 0 Å². The zero-order chi connectivity index (χ0) is 20.1. The van der Waals surface area contributed by atoms with Gasteiger partial charge in [-0.25, -0.2) is 0 Å². The van der Waals surface area contributed by atoms with E-state index < -0.39 is 5.97 Å². The first-order valence-corrected chi connectivity index (χ1v) is 9.36. The summed E-state index contributed by atoms with van der Waals surface area (Å²) in [5.74, 6) is -0.258. The molecule has 0 aromatic heterocycles. The normalized spacial score (nSPS) is 12.9. The molecule has 0 bridgehead atoms. The van der Waals surface area contributed by atoms with E-state index >= 15 is 0 Å². The second kappa shape index (κ2) is 8.89. The summed E-state index contributed by atoms with van der Waals surface area (Å²) in [7, 11) is 0. The summed E-state index contributed by atoms with van der Waals surface area (Å²) in [5.41, 5.74) is 1.86. The van der Waals surface area contributed by atoms with Crippen LogP contribution >= 0.6 is 11.6 Å². The third-order valence-corrected chi connectivity index (χ3v) is 4.59. The predicted molar refractivity (Wildman–Crippen MR) is 105 cm³/mol. The lowest BCUT2D eigenvalue weighted by Gasteiger charge is -2.30. The van der Waals surface area contributed by atoms with Crippen molar-refractivity contribution in [1.29, 1.82) is 0 Å². The van der Waals surface area contributed by atoms with Gasteiger partial charge in [-0.1, -0.05) is 23.7 Å². The average molecular weight is 402 g/mol. The summed E-state index contributed by atoms with van der Waals surface area (Å²) >= 11 is 5.92. The Morgan fingerprint density at radius 3 is 2.61 bits per heavy atom. The predicted octanol–water partition coefficient (Wildman–Crippen LogP) is 3.79. The monoisotopic (exact) mass is 401 g/mol. The summed E-state index contributed by atoms with van der Waals surface area (Å²) in [6, 6.07) is 12.2. The average Bonchev–Trinajstić information content (AvgIpc) is 2.69. The fourth-order valence-electron chi connectivity index (χ4n) is 2.91. The van der Waals surface area contributed by atoms with Crippen molar-refractivity contribution in [2.75, 3.05) is 18.1 Å². The number of carbonyl (C=O) groups excluding carboxylic acids is 3. The molecule has 0 N–H and O–H groups in total. The molecule has 0 spiro atoms. The van der Waals surface area contributed by atoms with Crippen LogP contribution in [-0.4, -0.2) is 30.9 Å². The summed E-state index contributed by atoms with van der Waals surface area (Å²) in [6.07, 6.45) is 0.0668. The number of rotatable bonds is 7. The number of carbonyl (C=O) groups is 3. The molecule has 0 saturated heterocycles. The van der Waals surface area contributed by atoms with Crippen molar-refractivity contribution < 1.29 is 23.9 Å². The molecule has 2 aromatic rings. The fourth-order valence-corrected chi connectivity index (χ4v) is 3.04. The molecule has 28 heavy (non-hydrogen) atoms. The molecule has 1 aliphatic rings. The molecule has 7 heteroatoms. The Labute approximate surface area is 168 Å². The SMILES string of the molecule is CCOC(=O)CCC(=O)c1ccc2c(c1)N(Cc1ccc(Cl)cc1)C(=O)CO2. The van der Waals surface area contributed by atoms with E-state index in [9.17, 15) is 14.4 Å². The highest BCUT2D eigenvalue weighted by Gasteiger charge is 2.26. The van der Waals surface area contributed by atoms with E-state index in [1.807, 2.05) is 12.1 Å². The van der Waals surface area contributed by atoms with E-state index in [1.165, 1.54) is 0 Å². The standard InChI is InChI=1S/C21H20ClNO5/c1-2-27-21(26)10-8-18(24)15-5-9-19-17(11-15)23(20(25)13-28-19)12-14-3-6-16(22)7-4-14/h3-7,9,11H,2,8,10,12-13H2,1H3. The van der Waals surface area contributed by atoms with Crippen molar-refractivity contribution in [3.8, 4) is 5.75 Å². The van der Waals surface area contributed by atoms with E-state index in [0.29, 0.717) is 28.6 Å². The number of halogens is 1. The number of esters is 1. The number of hydrogen-bond donors (Lipinski definition) is 0. The number of anilines is 1. The van der Waals surface area contributed by atoms with E-state index in [2.05, 4.69) is 0 Å². The molecule has 0 fully saturated rings. The molecular formula is C21H20ClNO5. The summed E-state index contributed by atoms with van der Waals surface area (Å²) in [6.45, 7) is 2.28. The maximum atomic E-state index is 12.5. The second-order valence-corrected chi connectivity index (χ2v) is 6.74. The first-order chi connectivity index (χ1) is 13.5. The molecular weight excluding hydrogens is 382 g/mol. The third kappa shape index (κ3) is 4.70. The van der Waals surface area contributed by atoms with Crippen LogP contribution in [0.15, 0.2) is 42.5 Å². The summed E-state index contributed by atoms with van der Waals surface area (Å²) < 4.78 is 10.3. The third-order valence-electron chi connectivity index (χ3n) is 4.34. The Morgan fingerprint density at radius 2 is 1.89 bits per heavy atom. The fraction of sp³-hybridized carbons (Fsp3) is 0.286. The van der Waals surface area contributed by atoms with E-state index in [1.54, 1.807) is 42.2 Å². The van der Waals surface area contributed by atoms with Crippen LogP contribution in [0, 0.1) is 0 Å².